The van der Waals surface area contributed by atoms with Gasteiger partial charge in [-0.3, -0.25) is 4.79 Å². The molecule has 1 amide bonds. The highest BCUT2D eigenvalue weighted by atomic mass is 79.9. The third-order valence-corrected chi connectivity index (χ3v) is 3.43. The molecule has 104 valence electrons. The molecule has 2 aromatic rings. The maximum atomic E-state index is 11.8. The van der Waals surface area contributed by atoms with Gasteiger partial charge in [0.2, 0.25) is 5.91 Å². The highest BCUT2D eigenvalue weighted by Gasteiger charge is 2.02. The highest BCUT2D eigenvalue weighted by Crippen LogP contribution is 2.15. The molecule has 2 rings (SSSR count). The van der Waals surface area contributed by atoms with Gasteiger partial charge in [-0.25, -0.2) is 0 Å². The van der Waals surface area contributed by atoms with Crippen LogP contribution in [0.2, 0.25) is 5.02 Å². The fourth-order valence-corrected chi connectivity index (χ4v) is 2.04. The van der Waals surface area contributed by atoms with Gasteiger partial charge in [-0.2, -0.15) is 0 Å². The Balaban J connectivity index is 1.75. The van der Waals surface area contributed by atoms with Crippen LogP contribution in [0.25, 0.3) is 0 Å². The van der Waals surface area contributed by atoms with Crippen LogP contribution >= 0.6 is 27.5 Å². The van der Waals surface area contributed by atoms with Crippen molar-refractivity contribution in [3.63, 3.8) is 0 Å². The van der Waals surface area contributed by atoms with Crippen LogP contribution in [-0.4, -0.2) is 12.5 Å². The molecule has 20 heavy (non-hydrogen) atoms. The van der Waals surface area contributed by atoms with E-state index in [0.29, 0.717) is 18.0 Å². The molecule has 0 saturated heterocycles. The molecule has 5 heteroatoms. The zero-order valence-corrected chi connectivity index (χ0v) is 13.0. The fraction of sp³-hybridized carbons (Fsp3) is 0.133. The van der Waals surface area contributed by atoms with Crippen LogP contribution in [0, 0.1) is 0 Å². The molecule has 0 aromatic heterocycles. The minimum Gasteiger partial charge on any atom is -0.385 e. The second-order valence-corrected chi connectivity index (χ2v) is 5.59. The van der Waals surface area contributed by atoms with E-state index in [1.165, 1.54) is 0 Å². The van der Waals surface area contributed by atoms with E-state index in [1.54, 1.807) is 0 Å². The topological polar surface area (TPSA) is 41.1 Å². The van der Waals surface area contributed by atoms with E-state index in [0.717, 1.165) is 15.8 Å². The number of anilines is 2. The zero-order chi connectivity index (χ0) is 14.4. The molecule has 0 saturated carbocycles. The van der Waals surface area contributed by atoms with Crippen molar-refractivity contribution in [3.8, 4) is 0 Å². The Morgan fingerprint density at radius 1 is 1.00 bits per heavy atom. The van der Waals surface area contributed by atoms with Crippen molar-refractivity contribution in [2.75, 3.05) is 17.2 Å². The van der Waals surface area contributed by atoms with Crippen LogP contribution < -0.4 is 10.6 Å². The molecule has 0 bridgehead atoms. The third kappa shape index (κ3) is 4.87. The summed E-state index contributed by atoms with van der Waals surface area (Å²) in [6, 6.07) is 14.9. The van der Waals surface area contributed by atoms with Crippen molar-refractivity contribution in [3.05, 3.63) is 58.0 Å². The number of rotatable bonds is 5. The van der Waals surface area contributed by atoms with E-state index >= 15 is 0 Å². The summed E-state index contributed by atoms with van der Waals surface area (Å²) < 4.78 is 0.986. The van der Waals surface area contributed by atoms with Crippen LogP contribution in [0.4, 0.5) is 11.4 Å². The fourth-order valence-electron chi connectivity index (χ4n) is 1.64. The van der Waals surface area contributed by atoms with Gasteiger partial charge >= 0.3 is 0 Å². The van der Waals surface area contributed by atoms with Crippen molar-refractivity contribution >= 4 is 44.8 Å². The van der Waals surface area contributed by atoms with Gasteiger partial charge in [-0.15, -0.1) is 0 Å². The first-order chi connectivity index (χ1) is 9.63. The molecule has 0 atom stereocenters. The summed E-state index contributed by atoms with van der Waals surface area (Å²) in [6.45, 7) is 0.573. The number of benzene rings is 2. The van der Waals surface area contributed by atoms with Gasteiger partial charge in [-0.05, 0) is 48.5 Å². The van der Waals surface area contributed by atoms with Gasteiger partial charge in [0.15, 0.2) is 0 Å². The van der Waals surface area contributed by atoms with Gasteiger partial charge in [-0.1, -0.05) is 27.5 Å². The standard InChI is InChI=1S/C15H14BrClN2O/c16-11-1-5-14(6-2-11)19-15(20)9-10-18-13-7-3-12(17)4-8-13/h1-8,18H,9-10H2,(H,19,20). The Bertz CT molecular complexity index is 569. The predicted octanol–water partition coefficient (Wildman–Crippen LogP) is 4.54. The molecule has 0 radical (unpaired) electrons. The second kappa shape index (κ2) is 7.31. The van der Waals surface area contributed by atoms with Crippen LogP contribution in [0.15, 0.2) is 53.0 Å². The van der Waals surface area contributed by atoms with Gasteiger partial charge in [0.25, 0.3) is 0 Å². The SMILES string of the molecule is O=C(CCNc1ccc(Cl)cc1)Nc1ccc(Br)cc1. The molecule has 2 aromatic carbocycles. The second-order valence-electron chi connectivity index (χ2n) is 4.24. The number of carbonyl (C=O) groups excluding carboxylic acids is 1. The van der Waals surface area contributed by atoms with Crippen molar-refractivity contribution in [2.24, 2.45) is 0 Å². The first kappa shape index (κ1) is 14.9. The summed E-state index contributed by atoms with van der Waals surface area (Å²) in [5.41, 5.74) is 1.75. The summed E-state index contributed by atoms with van der Waals surface area (Å²) in [4.78, 5) is 11.8. The molecular weight excluding hydrogens is 340 g/mol. The minimum absolute atomic E-state index is 0.0196. The molecule has 0 aliphatic rings. The lowest BCUT2D eigenvalue weighted by Gasteiger charge is -2.07. The van der Waals surface area contributed by atoms with E-state index in [4.69, 9.17) is 11.6 Å². The maximum absolute atomic E-state index is 11.8. The van der Waals surface area contributed by atoms with E-state index < -0.39 is 0 Å². The molecule has 0 unspecified atom stereocenters. The smallest absolute Gasteiger partial charge is 0.226 e. The van der Waals surface area contributed by atoms with Gasteiger partial charge in [0.1, 0.15) is 0 Å². The molecule has 0 aliphatic carbocycles. The third-order valence-electron chi connectivity index (χ3n) is 2.65. The van der Waals surface area contributed by atoms with Crippen LogP contribution in [0.3, 0.4) is 0 Å². The van der Waals surface area contributed by atoms with Crippen molar-refractivity contribution in [2.45, 2.75) is 6.42 Å². The molecular formula is C15H14BrClN2O. The average Bonchev–Trinajstić information content (AvgIpc) is 2.44. The number of halogens is 2. The average molecular weight is 354 g/mol. The Morgan fingerprint density at radius 3 is 2.25 bits per heavy atom. The van der Waals surface area contributed by atoms with E-state index in [-0.39, 0.29) is 5.91 Å². The molecule has 2 N–H and O–H groups in total. The number of carbonyl (C=O) groups is 1. The highest BCUT2D eigenvalue weighted by molar-refractivity contribution is 9.10. The molecule has 3 nitrogen and oxygen atoms in total. The normalized spacial score (nSPS) is 10.1. The van der Waals surface area contributed by atoms with Crippen LogP contribution in [0.5, 0.6) is 0 Å². The van der Waals surface area contributed by atoms with Crippen molar-refractivity contribution in [1.82, 2.24) is 0 Å². The van der Waals surface area contributed by atoms with Gasteiger partial charge < -0.3 is 10.6 Å². The summed E-state index contributed by atoms with van der Waals surface area (Å²) in [6.07, 6.45) is 0.401. The summed E-state index contributed by atoms with van der Waals surface area (Å²) in [5, 5.41) is 6.71. The molecule has 0 aliphatic heterocycles. The van der Waals surface area contributed by atoms with Crippen LogP contribution in [-0.2, 0) is 4.79 Å². The van der Waals surface area contributed by atoms with Gasteiger partial charge in [0.05, 0.1) is 0 Å². The van der Waals surface area contributed by atoms with Crippen molar-refractivity contribution in [1.29, 1.82) is 0 Å². The Kier molecular flexibility index (Phi) is 5.44. The molecule has 0 spiro atoms. The summed E-state index contributed by atoms with van der Waals surface area (Å²) >= 11 is 9.15. The monoisotopic (exact) mass is 352 g/mol. The summed E-state index contributed by atoms with van der Waals surface area (Å²) in [7, 11) is 0. The molecule has 0 heterocycles. The van der Waals surface area contributed by atoms with E-state index in [9.17, 15) is 4.79 Å². The Morgan fingerprint density at radius 2 is 1.60 bits per heavy atom. The Labute approximate surface area is 131 Å². The van der Waals surface area contributed by atoms with Crippen LogP contribution in [0.1, 0.15) is 6.42 Å². The van der Waals surface area contributed by atoms with E-state index in [1.807, 2.05) is 48.5 Å². The van der Waals surface area contributed by atoms with Gasteiger partial charge in [0, 0.05) is 33.8 Å². The minimum atomic E-state index is -0.0196. The predicted molar refractivity (Wildman–Crippen MR) is 87.3 cm³/mol. The largest absolute Gasteiger partial charge is 0.385 e. The number of amides is 1. The lowest BCUT2D eigenvalue weighted by molar-refractivity contribution is -0.115. The quantitative estimate of drug-likeness (QED) is 0.828. The number of hydrogen-bond acceptors (Lipinski definition) is 2. The lowest BCUT2D eigenvalue weighted by Crippen LogP contribution is -2.16. The Hall–Kier alpha value is -1.52. The maximum Gasteiger partial charge on any atom is 0.226 e. The lowest BCUT2D eigenvalue weighted by atomic mass is 10.3. The zero-order valence-electron chi connectivity index (χ0n) is 10.7. The van der Waals surface area contributed by atoms with E-state index in [2.05, 4.69) is 26.6 Å². The molecule has 0 fully saturated rings. The first-order valence-corrected chi connectivity index (χ1v) is 7.35. The number of nitrogens with one attached hydrogen (secondary N) is 2. The summed E-state index contributed by atoms with van der Waals surface area (Å²) in [5.74, 6) is -0.0196. The number of hydrogen-bond donors (Lipinski definition) is 2. The first-order valence-electron chi connectivity index (χ1n) is 6.18. The van der Waals surface area contributed by atoms with Crippen molar-refractivity contribution < 1.29 is 4.79 Å².